The van der Waals surface area contributed by atoms with E-state index in [4.69, 9.17) is 5.73 Å². The maximum Gasteiger partial charge on any atom is 0.409 e. The topological polar surface area (TPSA) is 93.7 Å². The third-order valence-corrected chi connectivity index (χ3v) is 3.70. The van der Waals surface area contributed by atoms with Gasteiger partial charge in [0.15, 0.2) is 0 Å². The maximum absolute atomic E-state index is 12.6. The number of aryl methyl sites for hydroxylation is 2. The second-order valence-corrected chi connectivity index (χ2v) is 4.94. The summed E-state index contributed by atoms with van der Waals surface area (Å²) in [6.45, 7) is 3.77. The minimum atomic E-state index is -0.365. The lowest BCUT2D eigenvalue weighted by molar-refractivity contribution is 0.0591. The van der Waals surface area contributed by atoms with Gasteiger partial charge in [-0.15, -0.1) is 0 Å². The van der Waals surface area contributed by atoms with Crippen LogP contribution in [0.5, 0.6) is 0 Å². The molecule has 1 fully saturated rings. The first-order valence-electron chi connectivity index (χ1n) is 6.93. The number of nitrogen functional groups attached to an aromatic ring is 1. The summed E-state index contributed by atoms with van der Waals surface area (Å²) in [5, 5.41) is 4.26. The van der Waals surface area contributed by atoms with Crippen molar-refractivity contribution < 1.29 is 14.3 Å². The van der Waals surface area contributed by atoms with E-state index in [-0.39, 0.29) is 12.0 Å². The normalized spacial score (nSPS) is 15.2. The molecule has 8 nitrogen and oxygen atoms in total. The molecule has 1 aliphatic heterocycles. The van der Waals surface area contributed by atoms with E-state index in [9.17, 15) is 9.59 Å². The number of nitrogens with zero attached hydrogens (tertiary/aromatic N) is 4. The molecule has 0 aliphatic carbocycles. The highest BCUT2D eigenvalue weighted by Gasteiger charge is 2.28. The van der Waals surface area contributed by atoms with E-state index < -0.39 is 0 Å². The van der Waals surface area contributed by atoms with Crippen LogP contribution in [0.1, 0.15) is 23.1 Å². The average molecular weight is 295 g/mol. The molecule has 2 amide bonds. The molecule has 0 bridgehead atoms. The SMILES string of the molecule is CCc1nn(C)c(C(=O)N2CCN(C(=O)OC)CC2)c1N. The number of anilines is 1. The Labute approximate surface area is 123 Å². The average Bonchev–Trinajstić information content (AvgIpc) is 2.80. The van der Waals surface area contributed by atoms with Crippen molar-refractivity contribution >= 4 is 17.7 Å². The van der Waals surface area contributed by atoms with Crippen LogP contribution in [0.2, 0.25) is 0 Å². The van der Waals surface area contributed by atoms with Crippen LogP contribution in [0.15, 0.2) is 0 Å². The Morgan fingerprint density at radius 2 is 1.81 bits per heavy atom. The number of nitrogens with two attached hydrogens (primary N) is 1. The molecule has 2 rings (SSSR count). The Hall–Kier alpha value is -2.25. The van der Waals surface area contributed by atoms with Crippen LogP contribution in [0.25, 0.3) is 0 Å². The zero-order chi connectivity index (χ0) is 15.6. The molecule has 0 radical (unpaired) electrons. The quantitative estimate of drug-likeness (QED) is 0.834. The number of hydrogen-bond donors (Lipinski definition) is 1. The first-order valence-corrected chi connectivity index (χ1v) is 6.93. The Morgan fingerprint density at radius 3 is 2.29 bits per heavy atom. The van der Waals surface area contributed by atoms with Gasteiger partial charge in [0.2, 0.25) is 0 Å². The van der Waals surface area contributed by atoms with Gasteiger partial charge in [-0.2, -0.15) is 5.10 Å². The van der Waals surface area contributed by atoms with Crippen molar-refractivity contribution in [1.29, 1.82) is 0 Å². The van der Waals surface area contributed by atoms with Crippen LogP contribution in [-0.2, 0) is 18.2 Å². The zero-order valence-electron chi connectivity index (χ0n) is 12.6. The molecular weight excluding hydrogens is 274 g/mol. The first-order chi connectivity index (χ1) is 9.99. The summed E-state index contributed by atoms with van der Waals surface area (Å²) in [7, 11) is 3.07. The molecular formula is C13H21N5O3. The number of ether oxygens (including phenoxy) is 1. The van der Waals surface area contributed by atoms with Gasteiger partial charge in [-0.25, -0.2) is 4.79 Å². The summed E-state index contributed by atoms with van der Waals surface area (Å²) < 4.78 is 6.21. The number of amides is 2. The maximum atomic E-state index is 12.6. The smallest absolute Gasteiger partial charge is 0.409 e. The standard InChI is InChI=1S/C13H21N5O3/c1-4-9-10(14)11(16(2)15-9)12(19)17-5-7-18(8-6-17)13(20)21-3/h4-8,14H2,1-3H3. The monoisotopic (exact) mass is 295 g/mol. The molecule has 0 saturated carbocycles. The highest BCUT2D eigenvalue weighted by molar-refractivity contribution is 5.98. The number of aromatic nitrogens is 2. The molecule has 21 heavy (non-hydrogen) atoms. The fourth-order valence-electron chi connectivity index (χ4n) is 2.48. The molecule has 0 aromatic carbocycles. The van der Waals surface area contributed by atoms with Gasteiger partial charge in [-0.1, -0.05) is 6.92 Å². The van der Waals surface area contributed by atoms with Gasteiger partial charge in [0.1, 0.15) is 5.69 Å². The van der Waals surface area contributed by atoms with Gasteiger partial charge in [0.05, 0.1) is 18.5 Å². The summed E-state index contributed by atoms with van der Waals surface area (Å²) in [4.78, 5) is 27.3. The van der Waals surface area contributed by atoms with Gasteiger partial charge >= 0.3 is 6.09 Å². The Bertz CT molecular complexity index is 546. The van der Waals surface area contributed by atoms with E-state index in [2.05, 4.69) is 9.84 Å². The van der Waals surface area contributed by atoms with Crippen molar-refractivity contribution in [1.82, 2.24) is 19.6 Å². The number of methoxy groups -OCH3 is 1. The van der Waals surface area contributed by atoms with Crippen LogP contribution in [0.3, 0.4) is 0 Å². The lowest BCUT2D eigenvalue weighted by Gasteiger charge is -2.33. The number of carbonyl (C=O) groups is 2. The minimum absolute atomic E-state index is 0.147. The van der Waals surface area contributed by atoms with Crippen molar-refractivity contribution in [2.24, 2.45) is 7.05 Å². The lowest BCUT2D eigenvalue weighted by Crippen LogP contribution is -2.50. The van der Waals surface area contributed by atoms with Crippen molar-refractivity contribution in [3.8, 4) is 0 Å². The largest absolute Gasteiger partial charge is 0.453 e. The van der Waals surface area contributed by atoms with E-state index in [0.29, 0.717) is 44.0 Å². The summed E-state index contributed by atoms with van der Waals surface area (Å²) in [5.41, 5.74) is 7.59. The zero-order valence-corrected chi connectivity index (χ0v) is 12.6. The van der Waals surface area contributed by atoms with Crippen molar-refractivity contribution in [3.63, 3.8) is 0 Å². The summed E-state index contributed by atoms with van der Waals surface area (Å²) >= 11 is 0. The Morgan fingerprint density at radius 1 is 1.24 bits per heavy atom. The molecule has 1 aromatic rings. The van der Waals surface area contributed by atoms with E-state index in [1.165, 1.54) is 11.8 Å². The molecule has 0 spiro atoms. The highest BCUT2D eigenvalue weighted by atomic mass is 16.5. The molecule has 8 heteroatoms. The van der Waals surface area contributed by atoms with E-state index >= 15 is 0 Å². The number of hydrogen-bond acceptors (Lipinski definition) is 5. The number of carbonyl (C=O) groups excluding carboxylic acids is 2. The molecule has 2 N–H and O–H groups in total. The van der Waals surface area contributed by atoms with Crippen LogP contribution in [0.4, 0.5) is 10.5 Å². The predicted octanol–water partition coefficient (Wildman–Crippen LogP) is 0.0889. The summed E-state index contributed by atoms with van der Waals surface area (Å²) in [6, 6.07) is 0. The van der Waals surface area contributed by atoms with Crippen molar-refractivity contribution in [2.45, 2.75) is 13.3 Å². The van der Waals surface area contributed by atoms with Gasteiger partial charge in [0, 0.05) is 33.2 Å². The van der Waals surface area contributed by atoms with Crippen LogP contribution in [0, 0.1) is 0 Å². The molecule has 116 valence electrons. The van der Waals surface area contributed by atoms with Gasteiger partial charge in [0.25, 0.3) is 5.91 Å². The van der Waals surface area contributed by atoms with E-state index in [1.807, 2.05) is 6.92 Å². The fraction of sp³-hybridized carbons (Fsp3) is 0.615. The molecule has 1 aromatic heterocycles. The number of piperazine rings is 1. The lowest BCUT2D eigenvalue weighted by atomic mass is 10.2. The fourth-order valence-corrected chi connectivity index (χ4v) is 2.48. The van der Waals surface area contributed by atoms with Gasteiger partial charge < -0.3 is 20.3 Å². The molecule has 1 aliphatic rings. The molecule has 2 heterocycles. The molecule has 1 saturated heterocycles. The predicted molar refractivity (Wildman–Crippen MR) is 76.9 cm³/mol. The third kappa shape index (κ3) is 2.79. The van der Waals surface area contributed by atoms with E-state index in [1.54, 1.807) is 16.8 Å². The second kappa shape index (κ2) is 6.02. The van der Waals surface area contributed by atoms with Crippen molar-refractivity contribution in [2.75, 3.05) is 39.0 Å². The van der Waals surface area contributed by atoms with Crippen molar-refractivity contribution in [3.05, 3.63) is 11.4 Å². The first kappa shape index (κ1) is 15.1. The van der Waals surface area contributed by atoms with Crippen LogP contribution < -0.4 is 5.73 Å². The van der Waals surface area contributed by atoms with Gasteiger partial charge in [-0.05, 0) is 6.42 Å². The van der Waals surface area contributed by atoms with Crippen LogP contribution in [-0.4, -0.2) is 64.9 Å². The summed E-state index contributed by atoms with van der Waals surface area (Å²) in [5.74, 6) is -0.147. The highest BCUT2D eigenvalue weighted by Crippen LogP contribution is 2.19. The minimum Gasteiger partial charge on any atom is -0.453 e. The Balaban J connectivity index is 2.09. The van der Waals surface area contributed by atoms with Gasteiger partial charge in [-0.3, -0.25) is 9.48 Å². The Kier molecular flexibility index (Phi) is 4.35. The second-order valence-electron chi connectivity index (χ2n) is 4.94. The molecule has 0 unspecified atom stereocenters. The molecule has 0 atom stereocenters. The number of rotatable bonds is 2. The van der Waals surface area contributed by atoms with Crippen LogP contribution >= 0.6 is 0 Å². The summed E-state index contributed by atoms with van der Waals surface area (Å²) in [6.07, 6.45) is 0.318. The third-order valence-electron chi connectivity index (χ3n) is 3.70. The van der Waals surface area contributed by atoms with E-state index in [0.717, 1.165) is 5.69 Å².